The van der Waals surface area contributed by atoms with E-state index in [0.29, 0.717) is 28.4 Å². The third-order valence-corrected chi connectivity index (χ3v) is 5.94. The van der Waals surface area contributed by atoms with Crippen molar-refractivity contribution >= 4 is 29.4 Å². The van der Waals surface area contributed by atoms with E-state index < -0.39 is 12.3 Å². The first-order valence-electron chi connectivity index (χ1n) is 10.7. The average molecular weight is 457 g/mol. The Labute approximate surface area is 191 Å². The van der Waals surface area contributed by atoms with E-state index in [1.807, 2.05) is 32.9 Å². The zero-order valence-electron chi connectivity index (χ0n) is 18.2. The molecule has 2 aromatic rings. The minimum atomic E-state index is -0.745. The van der Waals surface area contributed by atoms with Crippen LogP contribution in [0.25, 0.3) is 11.1 Å². The summed E-state index contributed by atoms with van der Waals surface area (Å²) in [4.78, 5) is 38.8. The lowest BCUT2D eigenvalue weighted by atomic mass is 9.96. The van der Waals surface area contributed by atoms with Crippen LogP contribution in [0.4, 0.5) is 0 Å². The molecule has 32 heavy (non-hydrogen) atoms. The topological polar surface area (TPSA) is 84.9 Å². The summed E-state index contributed by atoms with van der Waals surface area (Å²) >= 11 is 6.43. The second kappa shape index (κ2) is 8.82. The number of carbonyl (C=O) groups excluding carboxylic acids is 3. The molecule has 2 aromatic carbocycles. The fourth-order valence-electron chi connectivity index (χ4n) is 4.17. The molecule has 2 heterocycles. The van der Waals surface area contributed by atoms with Crippen molar-refractivity contribution in [1.82, 2.24) is 10.2 Å². The second-order valence-electron chi connectivity index (χ2n) is 8.24. The van der Waals surface area contributed by atoms with Gasteiger partial charge in [-0.15, -0.1) is 0 Å². The molecule has 8 heteroatoms. The number of esters is 1. The standard InChI is InChI=1S/C24H25ClN2O5/c1-4-10-26-19(28)12-31-18-9-8-14(11-17(18)25)15-6-5-7-16-20(15)23-27(22(16)29)21(13(2)3)24(30)32-23/h5-9,11,13,21,23H,4,10,12H2,1-3H3,(H,26,28). The Balaban J connectivity index is 1.62. The van der Waals surface area contributed by atoms with Crippen LogP contribution >= 0.6 is 11.6 Å². The van der Waals surface area contributed by atoms with Gasteiger partial charge in [0, 0.05) is 17.7 Å². The fraction of sp³-hybridized carbons (Fsp3) is 0.375. The van der Waals surface area contributed by atoms with Crippen LogP contribution in [-0.4, -0.2) is 41.9 Å². The van der Waals surface area contributed by atoms with E-state index in [9.17, 15) is 14.4 Å². The zero-order valence-corrected chi connectivity index (χ0v) is 18.9. The van der Waals surface area contributed by atoms with Gasteiger partial charge in [0.2, 0.25) is 6.23 Å². The molecule has 0 bridgehead atoms. The van der Waals surface area contributed by atoms with Gasteiger partial charge in [-0.05, 0) is 41.7 Å². The number of benzene rings is 2. The molecule has 2 amide bonds. The molecule has 0 saturated carbocycles. The van der Waals surface area contributed by atoms with Gasteiger partial charge in [-0.25, -0.2) is 4.79 Å². The lowest BCUT2D eigenvalue weighted by molar-refractivity contribution is -0.143. The lowest BCUT2D eigenvalue weighted by Crippen LogP contribution is -2.39. The molecule has 4 rings (SSSR count). The largest absolute Gasteiger partial charge is 0.482 e. The van der Waals surface area contributed by atoms with Crippen LogP contribution in [-0.2, 0) is 14.3 Å². The minimum absolute atomic E-state index is 0.0605. The number of ether oxygens (including phenoxy) is 2. The SMILES string of the molecule is CCCNC(=O)COc1ccc(-c2cccc3c2C2OC(=O)C(C(C)C)N2C3=O)cc1Cl. The first-order valence-corrected chi connectivity index (χ1v) is 11.1. The number of nitrogens with one attached hydrogen (secondary N) is 1. The van der Waals surface area contributed by atoms with E-state index >= 15 is 0 Å². The fourth-order valence-corrected chi connectivity index (χ4v) is 4.41. The highest BCUT2D eigenvalue weighted by atomic mass is 35.5. The number of fused-ring (bicyclic) bond motifs is 3. The van der Waals surface area contributed by atoms with Crippen molar-refractivity contribution < 1.29 is 23.9 Å². The molecule has 2 aliphatic heterocycles. The Morgan fingerprint density at radius 3 is 2.66 bits per heavy atom. The molecule has 0 aromatic heterocycles. The van der Waals surface area contributed by atoms with Crippen LogP contribution in [0, 0.1) is 5.92 Å². The van der Waals surface area contributed by atoms with E-state index in [-0.39, 0.29) is 30.3 Å². The highest BCUT2D eigenvalue weighted by Gasteiger charge is 2.53. The highest BCUT2D eigenvalue weighted by Crippen LogP contribution is 2.47. The predicted octanol–water partition coefficient (Wildman–Crippen LogP) is 3.95. The summed E-state index contributed by atoms with van der Waals surface area (Å²) in [6.07, 6.45) is 0.0991. The number of rotatable bonds is 7. The van der Waals surface area contributed by atoms with E-state index in [0.717, 1.165) is 17.5 Å². The summed E-state index contributed by atoms with van der Waals surface area (Å²) in [6.45, 7) is 6.23. The number of hydrogen-bond donors (Lipinski definition) is 1. The van der Waals surface area contributed by atoms with E-state index in [2.05, 4.69) is 5.32 Å². The predicted molar refractivity (Wildman–Crippen MR) is 119 cm³/mol. The number of nitrogens with zero attached hydrogens (tertiary/aromatic N) is 1. The molecule has 1 N–H and O–H groups in total. The van der Waals surface area contributed by atoms with Gasteiger partial charge in [0.1, 0.15) is 11.8 Å². The summed E-state index contributed by atoms with van der Waals surface area (Å²) in [5, 5.41) is 3.08. The molecule has 2 aliphatic rings. The van der Waals surface area contributed by atoms with Crippen molar-refractivity contribution in [2.45, 2.75) is 39.5 Å². The van der Waals surface area contributed by atoms with Gasteiger partial charge >= 0.3 is 5.97 Å². The number of hydrogen-bond acceptors (Lipinski definition) is 5. The van der Waals surface area contributed by atoms with Crippen molar-refractivity contribution in [1.29, 1.82) is 0 Å². The van der Waals surface area contributed by atoms with Crippen LogP contribution in [0.5, 0.6) is 5.75 Å². The molecule has 168 valence electrons. The van der Waals surface area contributed by atoms with E-state index in [1.54, 1.807) is 24.3 Å². The minimum Gasteiger partial charge on any atom is -0.482 e. The van der Waals surface area contributed by atoms with Crippen LogP contribution in [0.2, 0.25) is 5.02 Å². The summed E-state index contributed by atoms with van der Waals surface area (Å²) < 4.78 is 11.2. The summed E-state index contributed by atoms with van der Waals surface area (Å²) in [7, 11) is 0. The molecule has 0 aliphatic carbocycles. The van der Waals surface area contributed by atoms with Crippen molar-refractivity contribution in [3.63, 3.8) is 0 Å². The van der Waals surface area contributed by atoms with Gasteiger partial charge in [-0.2, -0.15) is 0 Å². The average Bonchev–Trinajstić information content (AvgIpc) is 3.24. The summed E-state index contributed by atoms with van der Waals surface area (Å²) in [5.74, 6) is -0.481. The van der Waals surface area contributed by atoms with Gasteiger partial charge in [0.05, 0.1) is 5.02 Å². The zero-order chi connectivity index (χ0) is 23.0. The Morgan fingerprint density at radius 2 is 1.97 bits per heavy atom. The molecule has 7 nitrogen and oxygen atoms in total. The van der Waals surface area contributed by atoms with Crippen LogP contribution in [0.15, 0.2) is 36.4 Å². The van der Waals surface area contributed by atoms with Crippen LogP contribution in [0.1, 0.15) is 49.3 Å². The van der Waals surface area contributed by atoms with Gasteiger partial charge < -0.3 is 14.8 Å². The Bertz CT molecular complexity index is 1080. The second-order valence-corrected chi connectivity index (χ2v) is 8.65. The maximum Gasteiger partial charge on any atom is 0.331 e. The van der Waals surface area contributed by atoms with Crippen molar-refractivity contribution in [2.24, 2.45) is 5.92 Å². The molecular formula is C24H25ClN2O5. The smallest absolute Gasteiger partial charge is 0.331 e. The quantitative estimate of drug-likeness (QED) is 0.638. The first kappa shape index (κ1) is 22.1. The number of carbonyl (C=O) groups is 3. The Kier molecular flexibility index (Phi) is 6.11. The van der Waals surface area contributed by atoms with E-state index in [1.165, 1.54) is 4.90 Å². The normalized spacial score (nSPS) is 19.1. The van der Waals surface area contributed by atoms with Crippen molar-refractivity contribution in [3.8, 4) is 16.9 Å². The van der Waals surface area contributed by atoms with Crippen LogP contribution in [0.3, 0.4) is 0 Å². The highest BCUT2D eigenvalue weighted by molar-refractivity contribution is 6.32. The monoisotopic (exact) mass is 456 g/mol. The molecule has 1 fully saturated rings. The summed E-state index contributed by atoms with van der Waals surface area (Å²) in [6, 6.07) is 10.0. The molecule has 0 radical (unpaired) electrons. The molecular weight excluding hydrogens is 432 g/mol. The third-order valence-electron chi connectivity index (χ3n) is 5.64. The van der Waals surface area contributed by atoms with Gasteiger partial charge in [-0.3, -0.25) is 14.5 Å². The maximum atomic E-state index is 13.1. The van der Waals surface area contributed by atoms with Crippen molar-refractivity contribution in [3.05, 3.63) is 52.5 Å². The van der Waals surface area contributed by atoms with Gasteiger partial charge in [0.15, 0.2) is 6.61 Å². The van der Waals surface area contributed by atoms with Gasteiger partial charge in [-0.1, -0.05) is 50.6 Å². The number of halogens is 1. The van der Waals surface area contributed by atoms with Gasteiger partial charge in [0.25, 0.3) is 11.8 Å². The first-order chi connectivity index (χ1) is 15.3. The Hall–Kier alpha value is -3.06. The molecule has 1 saturated heterocycles. The molecule has 2 atom stereocenters. The van der Waals surface area contributed by atoms with Crippen LogP contribution < -0.4 is 10.1 Å². The third kappa shape index (κ3) is 3.81. The van der Waals surface area contributed by atoms with Crippen molar-refractivity contribution in [2.75, 3.05) is 13.2 Å². The van der Waals surface area contributed by atoms with E-state index in [4.69, 9.17) is 21.1 Å². The lowest BCUT2D eigenvalue weighted by Gasteiger charge is -2.22. The summed E-state index contributed by atoms with van der Waals surface area (Å²) in [5.41, 5.74) is 2.70. The molecule has 2 unspecified atom stereocenters. The maximum absolute atomic E-state index is 13.1. The molecule has 0 spiro atoms. The Morgan fingerprint density at radius 1 is 1.22 bits per heavy atom. The number of amides is 2.